The molecule has 1 heterocycles. The summed E-state index contributed by atoms with van der Waals surface area (Å²) in [5.74, 6) is -2.48. The van der Waals surface area contributed by atoms with Gasteiger partial charge in [-0.2, -0.15) is 0 Å². The van der Waals surface area contributed by atoms with E-state index in [-0.39, 0.29) is 51.6 Å². The lowest BCUT2D eigenvalue weighted by atomic mass is 9.64. The van der Waals surface area contributed by atoms with Crippen LogP contribution >= 0.6 is 0 Å². The van der Waals surface area contributed by atoms with Gasteiger partial charge in [0, 0.05) is 40.5 Å². The van der Waals surface area contributed by atoms with Crippen molar-refractivity contribution >= 4 is 16.8 Å². The number of aromatic hydroxyl groups is 5. The minimum absolute atomic E-state index is 0.0620. The molecular formula is C35H32O7. The summed E-state index contributed by atoms with van der Waals surface area (Å²) in [4.78, 5) is 14.3. The van der Waals surface area contributed by atoms with Gasteiger partial charge < -0.3 is 29.9 Å². The van der Waals surface area contributed by atoms with Gasteiger partial charge in [-0.05, 0) is 87.1 Å². The first kappa shape index (κ1) is 27.3. The van der Waals surface area contributed by atoms with Gasteiger partial charge in [0.15, 0.2) is 5.78 Å². The van der Waals surface area contributed by atoms with E-state index in [1.165, 1.54) is 35.9 Å². The first-order valence-corrected chi connectivity index (χ1v) is 14.0. The summed E-state index contributed by atoms with van der Waals surface area (Å²) < 4.78 is 5.89. The highest BCUT2D eigenvalue weighted by molar-refractivity contribution is 6.02. The van der Waals surface area contributed by atoms with Crippen molar-refractivity contribution < 1.29 is 34.7 Å². The van der Waals surface area contributed by atoms with Crippen molar-refractivity contribution in [2.24, 2.45) is 11.8 Å². The topological polar surface area (TPSA) is 131 Å². The first-order valence-electron chi connectivity index (χ1n) is 14.0. The smallest absolute Gasteiger partial charge is 0.171 e. The fourth-order valence-corrected chi connectivity index (χ4v) is 6.53. The molecule has 0 bridgehead atoms. The molecule has 4 aromatic rings. The molecule has 0 radical (unpaired) electrons. The molecule has 0 fully saturated rings. The molecule has 7 nitrogen and oxygen atoms in total. The summed E-state index contributed by atoms with van der Waals surface area (Å²) in [6.07, 6.45) is 8.48. The molecule has 2 aliphatic rings. The van der Waals surface area contributed by atoms with Crippen molar-refractivity contribution in [3.05, 3.63) is 101 Å². The summed E-state index contributed by atoms with van der Waals surface area (Å²) in [5, 5.41) is 53.9. The van der Waals surface area contributed by atoms with E-state index in [0.717, 1.165) is 35.4 Å². The lowest BCUT2D eigenvalue weighted by Crippen LogP contribution is -2.34. The van der Waals surface area contributed by atoms with E-state index in [1.54, 1.807) is 18.2 Å². The highest BCUT2D eigenvalue weighted by atomic mass is 16.3. The van der Waals surface area contributed by atoms with Crippen molar-refractivity contribution in [1.82, 2.24) is 0 Å². The van der Waals surface area contributed by atoms with Crippen LogP contribution in [0.5, 0.6) is 28.7 Å². The predicted octanol–water partition coefficient (Wildman–Crippen LogP) is 7.84. The Bertz CT molecular complexity index is 1800. The third-order valence-electron chi connectivity index (χ3n) is 8.51. The van der Waals surface area contributed by atoms with Crippen LogP contribution in [0.15, 0.2) is 94.0 Å². The number of hydrogen-bond acceptors (Lipinski definition) is 7. The Hall–Kier alpha value is -4.91. The predicted molar refractivity (Wildman–Crippen MR) is 160 cm³/mol. The third-order valence-corrected chi connectivity index (χ3v) is 8.51. The molecule has 7 heteroatoms. The lowest BCUT2D eigenvalue weighted by Gasteiger charge is -2.38. The minimum Gasteiger partial charge on any atom is -0.508 e. The van der Waals surface area contributed by atoms with Gasteiger partial charge in [-0.25, -0.2) is 0 Å². The number of allylic oxidation sites excluding steroid dienone is 6. The van der Waals surface area contributed by atoms with Gasteiger partial charge >= 0.3 is 0 Å². The van der Waals surface area contributed by atoms with E-state index in [1.807, 2.05) is 13.0 Å². The number of phenols is 5. The molecule has 3 atom stereocenters. The number of fused-ring (bicyclic) bond motifs is 1. The second kappa shape index (κ2) is 10.5. The zero-order valence-electron chi connectivity index (χ0n) is 23.3. The Morgan fingerprint density at radius 2 is 1.57 bits per heavy atom. The van der Waals surface area contributed by atoms with Gasteiger partial charge in [0.05, 0.1) is 5.56 Å². The van der Waals surface area contributed by atoms with Crippen molar-refractivity contribution in [2.45, 2.75) is 39.0 Å². The Kier molecular flexibility index (Phi) is 6.81. The van der Waals surface area contributed by atoms with Crippen LogP contribution in [0.4, 0.5) is 0 Å². The number of hydrogen-bond donors (Lipinski definition) is 5. The van der Waals surface area contributed by atoms with Crippen molar-refractivity contribution in [3.63, 3.8) is 0 Å². The van der Waals surface area contributed by atoms with Gasteiger partial charge in [0.1, 0.15) is 40.1 Å². The van der Waals surface area contributed by atoms with E-state index < -0.39 is 11.8 Å². The summed E-state index contributed by atoms with van der Waals surface area (Å²) in [5.41, 5.74) is 4.44. The molecule has 1 aromatic heterocycles. The first-order chi connectivity index (χ1) is 20.1. The van der Waals surface area contributed by atoms with Crippen LogP contribution in [-0.2, 0) is 0 Å². The van der Waals surface area contributed by atoms with Crippen LogP contribution in [0.3, 0.4) is 0 Å². The van der Waals surface area contributed by atoms with Crippen LogP contribution < -0.4 is 0 Å². The van der Waals surface area contributed by atoms with E-state index in [0.29, 0.717) is 23.3 Å². The Morgan fingerprint density at radius 3 is 2.29 bits per heavy atom. The van der Waals surface area contributed by atoms with E-state index in [2.05, 4.69) is 19.1 Å². The van der Waals surface area contributed by atoms with Gasteiger partial charge in [-0.1, -0.05) is 29.4 Å². The fourth-order valence-electron chi connectivity index (χ4n) is 6.53. The van der Waals surface area contributed by atoms with Gasteiger partial charge in [0.2, 0.25) is 0 Å². The number of Topliss-reactive ketones (excluding diaryl/α,β-unsaturated/α-hetero) is 1. The summed E-state index contributed by atoms with van der Waals surface area (Å²) in [6, 6.07) is 13.4. The van der Waals surface area contributed by atoms with E-state index in [9.17, 15) is 30.3 Å². The van der Waals surface area contributed by atoms with Gasteiger partial charge in [0.25, 0.3) is 0 Å². The molecule has 5 N–H and O–H groups in total. The Labute approximate surface area is 243 Å². The molecule has 3 aromatic carbocycles. The Balaban J connectivity index is 1.49. The zero-order valence-corrected chi connectivity index (χ0v) is 23.3. The second-order valence-electron chi connectivity index (χ2n) is 11.4. The van der Waals surface area contributed by atoms with Crippen LogP contribution in [0.2, 0.25) is 0 Å². The van der Waals surface area contributed by atoms with Crippen molar-refractivity contribution in [1.29, 1.82) is 0 Å². The molecular weight excluding hydrogens is 532 g/mol. The average Bonchev–Trinajstić information content (AvgIpc) is 3.36. The SMILES string of the molecule is CC1=CC(c2c(O)cc(-c3cc4ccc(O)cc4o3)cc2O)C(C(=O)c2ccc(O)cc2O)C(C2=C(C)CCC=C2)C1. The molecule has 42 heavy (non-hydrogen) atoms. The lowest BCUT2D eigenvalue weighted by molar-refractivity contribution is 0.0861. The molecule has 214 valence electrons. The van der Waals surface area contributed by atoms with Crippen molar-refractivity contribution in [2.75, 3.05) is 0 Å². The normalized spacial score (nSPS) is 20.6. The molecule has 6 rings (SSSR count). The third kappa shape index (κ3) is 4.81. The number of carbonyl (C=O) groups excluding carboxylic acids is 1. The van der Waals surface area contributed by atoms with E-state index >= 15 is 0 Å². The van der Waals surface area contributed by atoms with Gasteiger partial charge in [-0.15, -0.1) is 0 Å². The molecule has 3 unspecified atom stereocenters. The summed E-state index contributed by atoms with van der Waals surface area (Å²) in [7, 11) is 0. The summed E-state index contributed by atoms with van der Waals surface area (Å²) in [6.45, 7) is 4.05. The second-order valence-corrected chi connectivity index (χ2v) is 11.4. The largest absolute Gasteiger partial charge is 0.508 e. The number of rotatable bonds is 5. The molecule has 0 amide bonds. The quantitative estimate of drug-likeness (QED) is 0.123. The zero-order chi connectivity index (χ0) is 29.7. The van der Waals surface area contributed by atoms with Crippen molar-refractivity contribution in [3.8, 4) is 40.1 Å². The maximum absolute atomic E-state index is 14.3. The highest BCUT2D eigenvalue weighted by Crippen LogP contribution is 2.52. The van der Waals surface area contributed by atoms with Crippen LogP contribution in [-0.4, -0.2) is 31.3 Å². The number of carbonyl (C=O) groups is 1. The Morgan fingerprint density at radius 1 is 0.857 bits per heavy atom. The number of ketones is 1. The van der Waals surface area contributed by atoms with Crippen LogP contribution in [0.25, 0.3) is 22.3 Å². The molecule has 0 saturated heterocycles. The standard InChI is InChI=1S/C35H32O7/c1-18-11-26(24-6-4-3-5-19(24)2)33(35(41)25-10-9-22(36)16-28(25)38)27(12-18)34-29(39)13-21(14-30(34)40)31-15-20-7-8-23(37)17-32(20)42-31/h4,6-10,12-17,26-27,33,36-40H,3,5,11H2,1-2H3. The average molecular weight is 565 g/mol. The summed E-state index contributed by atoms with van der Waals surface area (Å²) >= 11 is 0. The van der Waals surface area contributed by atoms with Gasteiger partial charge in [-0.3, -0.25) is 4.79 Å². The molecule has 2 aliphatic carbocycles. The monoisotopic (exact) mass is 564 g/mol. The molecule has 0 aliphatic heterocycles. The minimum atomic E-state index is -0.756. The maximum Gasteiger partial charge on any atom is 0.171 e. The molecule has 0 saturated carbocycles. The maximum atomic E-state index is 14.3. The fraction of sp³-hybridized carbons (Fsp3) is 0.229. The molecule has 0 spiro atoms. The highest BCUT2D eigenvalue weighted by Gasteiger charge is 2.43. The number of furan rings is 1. The van der Waals surface area contributed by atoms with E-state index in [4.69, 9.17) is 4.42 Å². The number of phenolic OH excluding ortho intramolecular Hbond substituents is 5. The van der Waals surface area contributed by atoms with Crippen LogP contribution in [0.1, 0.15) is 54.9 Å². The van der Waals surface area contributed by atoms with Crippen LogP contribution in [0, 0.1) is 11.8 Å². The number of benzene rings is 3.